The number of aromatic nitrogens is 1. The summed E-state index contributed by atoms with van der Waals surface area (Å²) in [6.07, 6.45) is 9.29. The zero-order valence-electron chi connectivity index (χ0n) is 10.7. The normalized spacial score (nSPS) is 23.7. The molecule has 0 aromatic carbocycles. The molecule has 98 valence electrons. The van der Waals surface area contributed by atoms with Crippen molar-refractivity contribution in [2.75, 3.05) is 0 Å². The van der Waals surface area contributed by atoms with Gasteiger partial charge in [0.05, 0.1) is 5.56 Å². The SMILES string of the molecule is CCC1CCCCC1NC(=O)c1cncc(Br)c1. The lowest BCUT2D eigenvalue weighted by Crippen LogP contribution is -2.41. The number of halogens is 1. The van der Waals surface area contributed by atoms with E-state index in [9.17, 15) is 4.79 Å². The molecule has 1 amide bonds. The van der Waals surface area contributed by atoms with Crippen molar-refractivity contribution >= 4 is 21.8 Å². The molecule has 1 fully saturated rings. The fourth-order valence-electron chi connectivity index (χ4n) is 2.67. The van der Waals surface area contributed by atoms with Crippen LogP contribution >= 0.6 is 15.9 Å². The maximum absolute atomic E-state index is 12.2. The Balaban J connectivity index is 2.02. The Morgan fingerprint density at radius 2 is 2.22 bits per heavy atom. The summed E-state index contributed by atoms with van der Waals surface area (Å²) in [4.78, 5) is 16.2. The summed E-state index contributed by atoms with van der Waals surface area (Å²) >= 11 is 3.34. The number of hydrogen-bond donors (Lipinski definition) is 1. The summed E-state index contributed by atoms with van der Waals surface area (Å²) in [6, 6.07) is 2.14. The van der Waals surface area contributed by atoms with Crippen LogP contribution in [0.5, 0.6) is 0 Å². The molecule has 3 nitrogen and oxygen atoms in total. The Hall–Kier alpha value is -0.900. The van der Waals surface area contributed by atoms with E-state index in [1.807, 2.05) is 6.07 Å². The number of rotatable bonds is 3. The maximum Gasteiger partial charge on any atom is 0.253 e. The van der Waals surface area contributed by atoms with E-state index in [4.69, 9.17) is 0 Å². The van der Waals surface area contributed by atoms with Crippen LogP contribution in [0.4, 0.5) is 0 Å². The highest BCUT2D eigenvalue weighted by molar-refractivity contribution is 9.10. The second-order valence-corrected chi connectivity index (χ2v) is 5.84. The fourth-order valence-corrected chi connectivity index (χ4v) is 3.04. The molecule has 1 aromatic rings. The van der Waals surface area contributed by atoms with E-state index >= 15 is 0 Å². The van der Waals surface area contributed by atoms with Crippen LogP contribution in [0.25, 0.3) is 0 Å². The molecule has 0 aliphatic heterocycles. The molecule has 1 aliphatic rings. The van der Waals surface area contributed by atoms with Crippen LogP contribution in [0, 0.1) is 5.92 Å². The molecule has 0 radical (unpaired) electrons. The Morgan fingerprint density at radius 1 is 1.44 bits per heavy atom. The molecule has 1 aromatic heterocycles. The monoisotopic (exact) mass is 310 g/mol. The Bertz CT molecular complexity index is 422. The number of amides is 1. The minimum atomic E-state index is -0.00542. The van der Waals surface area contributed by atoms with Crippen LogP contribution in [0.3, 0.4) is 0 Å². The maximum atomic E-state index is 12.2. The van der Waals surface area contributed by atoms with Gasteiger partial charge in [-0.05, 0) is 40.8 Å². The predicted molar refractivity (Wildman–Crippen MR) is 75.4 cm³/mol. The molecular weight excluding hydrogens is 292 g/mol. The van der Waals surface area contributed by atoms with Gasteiger partial charge in [0, 0.05) is 22.9 Å². The van der Waals surface area contributed by atoms with Crippen molar-refractivity contribution in [1.82, 2.24) is 10.3 Å². The number of nitrogens with one attached hydrogen (secondary N) is 1. The van der Waals surface area contributed by atoms with E-state index < -0.39 is 0 Å². The molecule has 0 saturated heterocycles. The zero-order chi connectivity index (χ0) is 13.0. The molecule has 4 heteroatoms. The first-order valence-corrected chi connectivity index (χ1v) is 7.41. The summed E-state index contributed by atoms with van der Waals surface area (Å²) in [7, 11) is 0. The van der Waals surface area contributed by atoms with Gasteiger partial charge in [0.2, 0.25) is 0 Å². The van der Waals surface area contributed by atoms with Gasteiger partial charge in [-0.3, -0.25) is 9.78 Å². The lowest BCUT2D eigenvalue weighted by molar-refractivity contribution is 0.0904. The average Bonchev–Trinajstić information content (AvgIpc) is 2.39. The van der Waals surface area contributed by atoms with E-state index in [1.165, 1.54) is 19.3 Å². The summed E-state index contributed by atoms with van der Waals surface area (Å²) in [5.41, 5.74) is 0.629. The van der Waals surface area contributed by atoms with Gasteiger partial charge in [-0.1, -0.05) is 26.2 Å². The van der Waals surface area contributed by atoms with E-state index in [-0.39, 0.29) is 5.91 Å². The molecule has 0 spiro atoms. The van der Waals surface area contributed by atoms with Crippen LogP contribution in [0.2, 0.25) is 0 Å². The number of carbonyl (C=O) groups excluding carboxylic acids is 1. The summed E-state index contributed by atoms with van der Waals surface area (Å²) in [6.45, 7) is 2.20. The van der Waals surface area contributed by atoms with E-state index in [2.05, 4.69) is 33.2 Å². The minimum absolute atomic E-state index is 0.00542. The molecule has 18 heavy (non-hydrogen) atoms. The molecule has 0 bridgehead atoms. The van der Waals surface area contributed by atoms with E-state index in [1.54, 1.807) is 12.4 Å². The number of carbonyl (C=O) groups is 1. The number of hydrogen-bond acceptors (Lipinski definition) is 2. The number of pyridine rings is 1. The van der Waals surface area contributed by atoms with Gasteiger partial charge in [0.25, 0.3) is 5.91 Å². The quantitative estimate of drug-likeness (QED) is 0.927. The van der Waals surface area contributed by atoms with Gasteiger partial charge in [-0.2, -0.15) is 0 Å². The van der Waals surface area contributed by atoms with Gasteiger partial charge >= 0.3 is 0 Å². The van der Waals surface area contributed by atoms with Gasteiger partial charge in [-0.15, -0.1) is 0 Å². The Labute approximate surface area is 117 Å². The second-order valence-electron chi connectivity index (χ2n) is 4.92. The highest BCUT2D eigenvalue weighted by Crippen LogP contribution is 2.27. The van der Waals surface area contributed by atoms with Gasteiger partial charge in [-0.25, -0.2) is 0 Å². The molecule has 2 atom stereocenters. The largest absolute Gasteiger partial charge is 0.349 e. The first-order chi connectivity index (χ1) is 8.70. The van der Waals surface area contributed by atoms with Crippen molar-refractivity contribution in [3.05, 3.63) is 28.5 Å². The van der Waals surface area contributed by atoms with Gasteiger partial charge in [0.15, 0.2) is 0 Å². The Kier molecular flexibility index (Phi) is 4.75. The standard InChI is InChI=1S/C14H19BrN2O/c1-2-10-5-3-4-6-13(10)17-14(18)11-7-12(15)9-16-8-11/h7-10,13H,2-6H2,1H3,(H,17,18). The zero-order valence-corrected chi connectivity index (χ0v) is 12.2. The Morgan fingerprint density at radius 3 is 2.94 bits per heavy atom. The molecule has 1 saturated carbocycles. The van der Waals surface area contributed by atoms with Crippen molar-refractivity contribution in [3.63, 3.8) is 0 Å². The summed E-state index contributed by atoms with van der Waals surface area (Å²) in [5, 5.41) is 3.16. The highest BCUT2D eigenvalue weighted by atomic mass is 79.9. The van der Waals surface area contributed by atoms with Crippen LogP contribution in [-0.2, 0) is 0 Å². The molecule has 1 heterocycles. The summed E-state index contributed by atoms with van der Waals surface area (Å²) < 4.78 is 0.839. The van der Waals surface area contributed by atoms with Crippen LogP contribution < -0.4 is 5.32 Å². The third-order valence-electron chi connectivity index (χ3n) is 3.72. The van der Waals surface area contributed by atoms with Gasteiger partial charge < -0.3 is 5.32 Å². The third-order valence-corrected chi connectivity index (χ3v) is 4.15. The van der Waals surface area contributed by atoms with Crippen molar-refractivity contribution in [3.8, 4) is 0 Å². The van der Waals surface area contributed by atoms with Crippen molar-refractivity contribution in [2.24, 2.45) is 5.92 Å². The van der Waals surface area contributed by atoms with Crippen molar-refractivity contribution in [2.45, 2.75) is 45.1 Å². The third kappa shape index (κ3) is 3.31. The van der Waals surface area contributed by atoms with E-state index in [0.717, 1.165) is 17.3 Å². The van der Waals surface area contributed by atoms with E-state index in [0.29, 0.717) is 17.5 Å². The summed E-state index contributed by atoms with van der Waals surface area (Å²) in [5.74, 6) is 0.622. The topological polar surface area (TPSA) is 42.0 Å². The lowest BCUT2D eigenvalue weighted by Gasteiger charge is -2.31. The van der Waals surface area contributed by atoms with Crippen LogP contribution in [0.15, 0.2) is 22.9 Å². The number of nitrogens with zero attached hydrogens (tertiary/aromatic N) is 1. The van der Waals surface area contributed by atoms with Crippen molar-refractivity contribution in [1.29, 1.82) is 0 Å². The second kappa shape index (κ2) is 6.32. The molecule has 2 unspecified atom stereocenters. The van der Waals surface area contributed by atoms with Crippen LogP contribution in [-0.4, -0.2) is 16.9 Å². The first-order valence-electron chi connectivity index (χ1n) is 6.62. The molecule has 1 aliphatic carbocycles. The minimum Gasteiger partial charge on any atom is -0.349 e. The van der Waals surface area contributed by atoms with Gasteiger partial charge in [0.1, 0.15) is 0 Å². The van der Waals surface area contributed by atoms with Crippen LogP contribution in [0.1, 0.15) is 49.4 Å². The molecular formula is C14H19BrN2O. The smallest absolute Gasteiger partial charge is 0.253 e. The predicted octanol–water partition coefficient (Wildman–Crippen LogP) is 3.54. The average molecular weight is 311 g/mol. The lowest BCUT2D eigenvalue weighted by atomic mass is 9.83. The first kappa shape index (κ1) is 13.5. The molecule has 2 rings (SSSR count). The molecule has 1 N–H and O–H groups in total. The van der Waals surface area contributed by atoms with Crippen molar-refractivity contribution < 1.29 is 4.79 Å². The fraction of sp³-hybridized carbons (Fsp3) is 0.571. The highest BCUT2D eigenvalue weighted by Gasteiger charge is 2.25.